The smallest absolute Gasteiger partial charge is 0.306 e. The molecule has 0 aromatic carbocycles. The lowest BCUT2D eigenvalue weighted by Gasteiger charge is -2.18. The van der Waals surface area contributed by atoms with Crippen LogP contribution in [0.1, 0.15) is 316 Å². The van der Waals surface area contributed by atoms with Crippen LogP contribution >= 0.6 is 0 Å². The number of carbonyl (C=O) groups excluding carboxylic acids is 2. The summed E-state index contributed by atoms with van der Waals surface area (Å²) in [6, 6.07) is 0. The van der Waals surface area contributed by atoms with Gasteiger partial charge in [-0.1, -0.05) is 276 Å². The van der Waals surface area contributed by atoms with Crippen LogP contribution in [0.3, 0.4) is 0 Å². The van der Waals surface area contributed by atoms with E-state index in [9.17, 15) is 9.59 Å². The quantitative estimate of drug-likeness (QED) is 0.0346. The van der Waals surface area contributed by atoms with Gasteiger partial charge in [-0.2, -0.15) is 0 Å². The summed E-state index contributed by atoms with van der Waals surface area (Å²) < 4.78 is 17.5. The van der Waals surface area contributed by atoms with Gasteiger partial charge in [-0.15, -0.1) is 0 Å². The predicted octanol–water partition coefficient (Wildman–Crippen LogP) is 19.6. The molecule has 0 N–H and O–H groups in total. The summed E-state index contributed by atoms with van der Waals surface area (Å²) in [4.78, 5) is 25.5. The molecule has 0 aliphatic carbocycles. The monoisotopic (exact) mass is 901 g/mol. The first-order valence-electron chi connectivity index (χ1n) is 28.9. The maximum atomic E-state index is 12.8. The van der Waals surface area contributed by atoms with Crippen molar-refractivity contribution >= 4 is 11.9 Å². The molecule has 0 amide bonds. The van der Waals surface area contributed by atoms with Crippen LogP contribution in [-0.4, -0.2) is 37.9 Å². The molecule has 0 saturated heterocycles. The molecule has 64 heavy (non-hydrogen) atoms. The second-order valence-corrected chi connectivity index (χ2v) is 19.6. The number of rotatable bonds is 54. The summed E-state index contributed by atoms with van der Waals surface area (Å²) in [5, 5.41) is 0. The van der Waals surface area contributed by atoms with Crippen molar-refractivity contribution in [3.05, 3.63) is 24.3 Å². The highest BCUT2D eigenvalue weighted by atomic mass is 16.6. The molecule has 378 valence electrons. The third kappa shape index (κ3) is 53.0. The average Bonchev–Trinajstić information content (AvgIpc) is 3.30. The molecule has 0 aliphatic heterocycles. The summed E-state index contributed by atoms with van der Waals surface area (Å²) in [7, 11) is 0. The van der Waals surface area contributed by atoms with Gasteiger partial charge in [0.2, 0.25) is 0 Å². The molecule has 0 aromatic heterocycles. The Morgan fingerprint density at radius 2 is 0.656 bits per heavy atom. The average molecular weight is 902 g/mol. The van der Waals surface area contributed by atoms with E-state index in [0.29, 0.717) is 26.1 Å². The molecule has 5 heteroatoms. The summed E-state index contributed by atoms with van der Waals surface area (Å²) in [5.74, 6) is -0.382. The van der Waals surface area contributed by atoms with Crippen molar-refractivity contribution in [2.45, 2.75) is 322 Å². The van der Waals surface area contributed by atoms with Crippen LogP contribution in [0.15, 0.2) is 24.3 Å². The van der Waals surface area contributed by atoms with Crippen LogP contribution in [0.2, 0.25) is 0 Å². The van der Waals surface area contributed by atoms with E-state index in [1.165, 1.54) is 244 Å². The van der Waals surface area contributed by atoms with E-state index in [0.717, 1.165) is 38.5 Å². The molecule has 0 saturated carbocycles. The van der Waals surface area contributed by atoms with Gasteiger partial charge in [0.1, 0.15) is 6.61 Å². The number of carbonyl (C=O) groups is 2. The fraction of sp³-hybridized carbons (Fsp3) is 0.898. The van der Waals surface area contributed by atoms with Crippen molar-refractivity contribution in [3.8, 4) is 0 Å². The highest BCUT2D eigenvalue weighted by Crippen LogP contribution is 2.17. The van der Waals surface area contributed by atoms with Gasteiger partial charge < -0.3 is 14.2 Å². The van der Waals surface area contributed by atoms with E-state index in [2.05, 4.69) is 45.1 Å². The Kier molecular flexibility index (Phi) is 54.3. The first-order chi connectivity index (χ1) is 31.6. The van der Waals surface area contributed by atoms with Crippen LogP contribution < -0.4 is 0 Å². The van der Waals surface area contributed by atoms with Gasteiger partial charge in [0.15, 0.2) is 6.10 Å². The van der Waals surface area contributed by atoms with Crippen LogP contribution in [-0.2, 0) is 23.8 Å². The highest BCUT2D eigenvalue weighted by molar-refractivity contribution is 5.70. The summed E-state index contributed by atoms with van der Waals surface area (Å²) in [6.45, 7) is 7.87. The van der Waals surface area contributed by atoms with Crippen LogP contribution in [0.4, 0.5) is 0 Å². The molecular weight excluding hydrogens is 789 g/mol. The number of hydrogen-bond acceptors (Lipinski definition) is 5. The largest absolute Gasteiger partial charge is 0.462 e. The van der Waals surface area contributed by atoms with E-state index in [-0.39, 0.29) is 18.5 Å². The molecule has 0 fully saturated rings. The van der Waals surface area contributed by atoms with Crippen molar-refractivity contribution < 1.29 is 23.8 Å². The Morgan fingerprint density at radius 1 is 0.344 bits per heavy atom. The van der Waals surface area contributed by atoms with Crippen molar-refractivity contribution in [2.24, 2.45) is 0 Å². The first-order valence-corrected chi connectivity index (χ1v) is 28.9. The van der Waals surface area contributed by atoms with Gasteiger partial charge >= 0.3 is 11.9 Å². The minimum Gasteiger partial charge on any atom is -0.462 e. The van der Waals surface area contributed by atoms with Crippen molar-refractivity contribution in [1.82, 2.24) is 0 Å². The van der Waals surface area contributed by atoms with Gasteiger partial charge in [-0.25, -0.2) is 0 Å². The Morgan fingerprint density at radius 3 is 1.06 bits per heavy atom. The standard InChI is InChI=1S/C59H112O5/c1-4-7-10-13-16-19-22-25-28-30-32-34-37-40-43-46-49-52-58(60)63-56-57(55-62-54-51-48-45-42-39-36-33-29-26-23-20-17-14-11-8-5-2)64-59(61)53-50-47-44-41-38-35-31-27-24-21-18-15-12-9-6-3/h16,19,25,28,57H,4-15,17-18,20-24,26-27,29-56H2,1-3H3/b19-16-,28-25-/t57-/m1/s1. The lowest BCUT2D eigenvalue weighted by Crippen LogP contribution is -2.30. The van der Waals surface area contributed by atoms with E-state index in [1.807, 2.05) is 0 Å². The second kappa shape index (κ2) is 55.7. The summed E-state index contributed by atoms with van der Waals surface area (Å²) in [5.41, 5.74) is 0. The molecule has 0 rings (SSSR count). The summed E-state index contributed by atoms with van der Waals surface area (Å²) >= 11 is 0. The fourth-order valence-electron chi connectivity index (χ4n) is 8.66. The van der Waals surface area contributed by atoms with Crippen molar-refractivity contribution in [2.75, 3.05) is 19.8 Å². The molecule has 0 heterocycles. The van der Waals surface area contributed by atoms with Gasteiger partial charge in [0.05, 0.1) is 6.61 Å². The van der Waals surface area contributed by atoms with E-state index >= 15 is 0 Å². The number of hydrogen-bond donors (Lipinski definition) is 0. The number of esters is 2. The normalized spacial score (nSPS) is 12.2. The lowest BCUT2D eigenvalue weighted by atomic mass is 10.0. The predicted molar refractivity (Wildman–Crippen MR) is 279 cm³/mol. The van der Waals surface area contributed by atoms with Gasteiger partial charge in [-0.3, -0.25) is 9.59 Å². The lowest BCUT2D eigenvalue weighted by molar-refractivity contribution is -0.163. The zero-order valence-corrected chi connectivity index (χ0v) is 43.6. The van der Waals surface area contributed by atoms with E-state index in [1.54, 1.807) is 0 Å². The molecule has 0 aliphatic rings. The Labute approximate surface area is 400 Å². The van der Waals surface area contributed by atoms with Gasteiger partial charge in [-0.05, 0) is 51.4 Å². The molecule has 0 unspecified atom stereocenters. The number of unbranched alkanes of at least 4 members (excludes halogenated alkanes) is 39. The Balaban J connectivity index is 4.22. The Hall–Kier alpha value is -1.62. The summed E-state index contributed by atoms with van der Waals surface area (Å²) in [6.07, 6.45) is 66.2. The molecule has 0 aromatic rings. The molecule has 5 nitrogen and oxygen atoms in total. The molecule has 0 radical (unpaired) electrons. The maximum absolute atomic E-state index is 12.8. The van der Waals surface area contributed by atoms with Gasteiger partial charge in [0, 0.05) is 19.4 Å². The molecular formula is C59H112O5. The second-order valence-electron chi connectivity index (χ2n) is 19.6. The van der Waals surface area contributed by atoms with E-state index in [4.69, 9.17) is 14.2 Å². The Bertz CT molecular complexity index is 974. The zero-order chi connectivity index (χ0) is 46.3. The number of ether oxygens (including phenoxy) is 3. The van der Waals surface area contributed by atoms with E-state index < -0.39 is 6.10 Å². The minimum absolute atomic E-state index is 0.0894. The molecule has 0 bridgehead atoms. The van der Waals surface area contributed by atoms with Crippen molar-refractivity contribution in [1.29, 1.82) is 0 Å². The van der Waals surface area contributed by atoms with Crippen molar-refractivity contribution in [3.63, 3.8) is 0 Å². The SMILES string of the molecule is CCCCC/C=C\C/C=C\CCCCCCCCCC(=O)OC[C@@H](COCCCCCCCCCCCCCCCCCC)OC(=O)CCCCCCCCCCCCCCCCC. The van der Waals surface area contributed by atoms with Crippen LogP contribution in [0, 0.1) is 0 Å². The minimum atomic E-state index is -0.532. The highest BCUT2D eigenvalue weighted by Gasteiger charge is 2.17. The molecule has 1 atom stereocenters. The topological polar surface area (TPSA) is 61.8 Å². The third-order valence-electron chi connectivity index (χ3n) is 13.0. The fourth-order valence-corrected chi connectivity index (χ4v) is 8.66. The third-order valence-corrected chi connectivity index (χ3v) is 13.0. The van der Waals surface area contributed by atoms with Crippen LogP contribution in [0.5, 0.6) is 0 Å². The maximum Gasteiger partial charge on any atom is 0.306 e. The molecule has 0 spiro atoms. The zero-order valence-electron chi connectivity index (χ0n) is 43.6. The first kappa shape index (κ1) is 62.4. The van der Waals surface area contributed by atoms with Crippen LogP contribution in [0.25, 0.3) is 0 Å². The van der Waals surface area contributed by atoms with Gasteiger partial charge in [0.25, 0.3) is 0 Å². The number of allylic oxidation sites excluding steroid dienone is 4.